The molecule has 0 radical (unpaired) electrons. The molecule has 0 fully saturated rings. The number of nitrogens with one attached hydrogen (secondary N) is 3. The SMILES string of the molecule is COc1ccc(NC(=O)NCCNC(=O)c2ccc(C)c(F)c2)cc1. The van der Waals surface area contributed by atoms with Gasteiger partial charge in [-0.2, -0.15) is 0 Å². The summed E-state index contributed by atoms with van der Waals surface area (Å²) in [5.41, 5.74) is 1.34. The average Bonchev–Trinajstić information content (AvgIpc) is 2.61. The largest absolute Gasteiger partial charge is 0.497 e. The highest BCUT2D eigenvalue weighted by molar-refractivity contribution is 5.94. The minimum absolute atomic E-state index is 0.227. The van der Waals surface area contributed by atoms with Gasteiger partial charge in [0.05, 0.1) is 7.11 Å². The number of carbonyl (C=O) groups excluding carboxylic acids is 2. The van der Waals surface area contributed by atoms with Crippen molar-refractivity contribution >= 4 is 17.6 Å². The summed E-state index contributed by atoms with van der Waals surface area (Å²) in [6.45, 7) is 2.09. The number of carbonyl (C=O) groups is 2. The summed E-state index contributed by atoms with van der Waals surface area (Å²) in [4.78, 5) is 23.6. The molecule has 0 aliphatic carbocycles. The number of amides is 3. The second-order valence-electron chi connectivity index (χ2n) is 5.33. The smallest absolute Gasteiger partial charge is 0.319 e. The van der Waals surface area contributed by atoms with Gasteiger partial charge in [-0.3, -0.25) is 4.79 Å². The Hall–Kier alpha value is -3.09. The second kappa shape index (κ2) is 8.68. The third-order valence-electron chi connectivity index (χ3n) is 3.48. The predicted molar refractivity (Wildman–Crippen MR) is 93.5 cm³/mol. The van der Waals surface area contributed by atoms with Crippen LogP contribution >= 0.6 is 0 Å². The fraction of sp³-hybridized carbons (Fsp3) is 0.222. The molecule has 0 bridgehead atoms. The molecule has 2 rings (SSSR count). The maximum Gasteiger partial charge on any atom is 0.319 e. The lowest BCUT2D eigenvalue weighted by Gasteiger charge is -2.09. The van der Waals surface area contributed by atoms with E-state index < -0.39 is 11.7 Å². The van der Waals surface area contributed by atoms with E-state index in [1.165, 1.54) is 6.07 Å². The van der Waals surface area contributed by atoms with Crippen molar-refractivity contribution in [3.05, 3.63) is 59.4 Å². The molecular weight excluding hydrogens is 325 g/mol. The molecule has 25 heavy (non-hydrogen) atoms. The number of halogens is 1. The molecule has 0 aliphatic rings. The lowest BCUT2D eigenvalue weighted by atomic mass is 10.1. The number of methoxy groups -OCH3 is 1. The first-order chi connectivity index (χ1) is 12.0. The zero-order valence-electron chi connectivity index (χ0n) is 14.1. The number of hydrogen-bond acceptors (Lipinski definition) is 3. The number of aryl methyl sites for hydroxylation is 1. The quantitative estimate of drug-likeness (QED) is 0.704. The van der Waals surface area contributed by atoms with E-state index in [0.29, 0.717) is 17.0 Å². The Bertz CT molecular complexity index is 748. The van der Waals surface area contributed by atoms with Crippen LogP contribution in [0.4, 0.5) is 14.9 Å². The van der Waals surface area contributed by atoms with Crippen molar-refractivity contribution in [1.82, 2.24) is 10.6 Å². The number of urea groups is 1. The van der Waals surface area contributed by atoms with Crippen molar-refractivity contribution in [3.63, 3.8) is 0 Å². The summed E-state index contributed by atoms with van der Waals surface area (Å²) in [5.74, 6) is -0.123. The minimum atomic E-state index is -0.426. The van der Waals surface area contributed by atoms with E-state index in [0.717, 1.165) is 0 Å². The van der Waals surface area contributed by atoms with Gasteiger partial charge in [0.15, 0.2) is 0 Å². The Balaban J connectivity index is 1.71. The first-order valence-corrected chi connectivity index (χ1v) is 7.73. The number of anilines is 1. The molecule has 2 aromatic rings. The Morgan fingerprint density at radius 1 is 1.04 bits per heavy atom. The summed E-state index contributed by atoms with van der Waals surface area (Å²) in [5, 5.41) is 7.89. The van der Waals surface area contributed by atoms with E-state index in [1.807, 2.05) is 0 Å². The highest BCUT2D eigenvalue weighted by Gasteiger charge is 2.08. The molecule has 0 unspecified atom stereocenters. The summed E-state index contributed by atoms with van der Waals surface area (Å²) in [6.07, 6.45) is 0. The fourth-order valence-electron chi connectivity index (χ4n) is 2.04. The highest BCUT2D eigenvalue weighted by Crippen LogP contribution is 2.14. The monoisotopic (exact) mass is 345 g/mol. The van der Waals surface area contributed by atoms with Gasteiger partial charge in [0.2, 0.25) is 0 Å². The Kier molecular flexibility index (Phi) is 6.33. The highest BCUT2D eigenvalue weighted by atomic mass is 19.1. The average molecular weight is 345 g/mol. The van der Waals surface area contributed by atoms with E-state index in [4.69, 9.17) is 4.74 Å². The van der Waals surface area contributed by atoms with Crippen molar-refractivity contribution in [2.75, 3.05) is 25.5 Å². The molecule has 0 aromatic heterocycles. The van der Waals surface area contributed by atoms with Crippen molar-refractivity contribution in [1.29, 1.82) is 0 Å². The van der Waals surface area contributed by atoms with Crippen LogP contribution in [-0.4, -0.2) is 32.1 Å². The topological polar surface area (TPSA) is 79.5 Å². The number of ether oxygens (including phenoxy) is 1. The van der Waals surface area contributed by atoms with Gasteiger partial charge in [-0.05, 0) is 48.9 Å². The van der Waals surface area contributed by atoms with Crippen LogP contribution in [-0.2, 0) is 0 Å². The molecule has 132 valence electrons. The van der Waals surface area contributed by atoms with Crippen molar-refractivity contribution in [2.24, 2.45) is 0 Å². The van der Waals surface area contributed by atoms with Gasteiger partial charge in [0, 0.05) is 24.3 Å². The maximum absolute atomic E-state index is 13.4. The molecule has 0 heterocycles. The number of benzene rings is 2. The van der Waals surface area contributed by atoms with Crippen LogP contribution in [0.5, 0.6) is 5.75 Å². The van der Waals surface area contributed by atoms with E-state index in [-0.39, 0.29) is 24.7 Å². The summed E-state index contributed by atoms with van der Waals surface area (Å²) < 4.78 is 18.5. The molecule has 0 saturated carbocycles. The molecule has 0 aliphatic heterocycles. The van der Waals surface area contributed by atoms with Gasteiger partial charge >= 0.3 is 6.03 Å². The molecule has 2 aromatic carbocycles. The lowest BCUT2D eigenvalue weighted by Crippen LogP contribution is -2.36. The van der Waals surface area contributed by atoms with E-state index in [9.17, 15) is 14.0 Å². The molecule has 0 spiro atoms. The van der Waals surface area contributed by atoms with E-state index in [2.05, 4.69) is 16.0 Å². The van der Waals surface area contributed by atoms with E-state index in [1.54, 1.807) is 50.4 Å². The molecule has 3 N–H and O–H groups in total. The number of rotatable bonds is 6. The zero-order valence-corrected chi connectivity index (χ0v) is 14.1. The van der Waals surface area contributed by atoms with Gasteiger partial charge in [-0.25, -0.2) is 9.18 Å². The zero-order chi connectivity index (χ0) is 18.2. The summed E-state index contributed by atoms with van der Waals surface area (Å²) >= 11 is 0. The van der Waals surface area contributed by atoms with Crippen LogP contribution in [0.25, 0.3) is 0 Å². The minimum Gasteiger partial charge on any atom is -0.497 e. The first kappa shape index (κ1) is 18.3. The molecular formula is C18H20FN3O3. The Morgan fingerprint density at radius 2 is 1.72 bits per heavy atom. The predicted octanol–water partition coefficient (Wildman–Crippen LogP) is 2.69. The third kappa shape index (κ3) is 5.49. The second-order valence-corrected chi connectivity index (χ2v) is 5.33. The lowest BCUT2D eigenvalue weighted by molar-refractivity contribution is 0.0953. The molecule has 7 heteroatoms. The van der Waals surface area contributed by atoms with Gasteiger partial charge in [-0.15, -0.1) is 0 Å². The van der Waals surface area contributed by atoms with Crippen LogP contribution in [0.2, 0.25) is 0 Å². The van der Waals surface area contributed by atoms with Gasteiger partial charge in [0.25, 0.3) is 5.91 Å². The Morgan fingerprint density at radius 3 is 2.36 bits per heavy atom. The fourth-order valence-corrected chi connectivity index (χ4v) is 2.04. The number of hydrogen-bond donors (Lipinski definition) is 3. The third-order valence-corrected chi connectivity index (χ3v) is 3.48. The van der Waals surface area contributed by atoms with Crippen LogP contribution in [0.3, 0.4) is 0 Å². The van der Waals surface area contributed by atoms with Crippen LogP contribution < -0.4 is 20.7 Å². The van der Waals surface area contributed by atoms with Crippen LogP contribution in [0.15, 0.2) is 42.5 Å². The first-order valence-electron chi connectivity index (χ1n) is 7.73. The maximum atomic E-state index is 13.4. The van der Waals surface area contributed by atoms with Crippen molar-refractivity contribution in [3.8, 4) is 5.75 Å². The van der Waals surface area contributed by atoms with Gasteiger partial charge in [-0.1, -0.05) is 6.07 Å². The molecule has 0 atom stereocenters. The normalized spacial score (nSPS) is 10.0. The van der Waals surface area contributed by atoms with Crippen molar-refractivity contribution in [2.45, 2.75) is 6.92 Å². The molecule has 6 nitrogen and oxygen atoms in total. The summed E-state index contributed by atoms with van der Waals surface area (Å²) in [7, 11) is 1.56. The van der Waals surface area contributed by atoms with Crippen LogP contribution in [0, 0.1) is 12.7 Å². The van der Waals surface area contributed by atoms with Crippen molar-refractivity contribution < 1.29 is 18.7 Å². The standard InChI is InChI=1S/C18H20FN3O3/c1-12-3-4-13(11-16(12)19)17(23)20-9-10-21-18(24)22-14-5-7-15(25-2)8-6-14/h3-8,11H,9-10H2,1-2H3,(H,20,23)(H2,21,22,24). The summed E-state index contributed by atoms with van der Waals surface area (Å²) in [6, 6.07) is 10.8. The molecule has 3 amide bonds. The van der Waals surface area contributed by atoms with Gasteiger partial charge < -0.3 is 20.7 Å². The van der Waals surface area contributed by atoms with Crippen LogP contribution in [0.1, 0.15) is 15.9 Å². The Labute approximate surface area is 145 Å². The van der Waals surface area contributed by atoms with Gasteiger partial charge in [0.1, 0.15) is 11.6 Å². The molecule has 0 saturated heterocycles. The van der Waals surface area contributed by atoms with E-state index >= 15 is 0 Å².